The third-order valence-corrected chi connectivity index (χ3v) is 3.11. The lowest BCUT2D eigenvalue weighted by atomic mass is 10.0. The van der Waals surface area contributed by atoms with Crippen molar-refractivity contribution in [2.75, 3.05) is 13.7 Å². The first-order valence-corrected chi connectivity index (χ1v) is 6.67. The first-order valence-electron chi connectivity index (χ1n) is 6.67. The number of ether oxygens (including phenoxy) is 1. The monoisotopic (exact) mass is 293 g/mol. The summed E-state index contributed by atoms with van der Waals surface area (Å²) in [6.45, 7) is 2.58. The van der Waals surface area contributed by atoms with Crippen molar-refractivity contribution in [3.63, 3.8) is 0 Å². The highest BCUT2D eigenvalue weighted by Crippen LogP contribution is 2.22. The molecule has 0 fully saturated rings. The van der Waals surface area contributed by atoms with Gasteiger partial charge in [-0.15, -0.1) is 0 Å². The highest BCUT2D eigenvalue weighted by molar-refractivity contribution is 5.24. The van der Waals surface area contributed by atoms with E-state index in [1.165, 1.54) is 25.6 Å². The summed E-state index contributed by atoms with van der Waals surface area (Å²) in [6.07, 6.45) is 1.85. The van der Waals surface area contributed by atoms with Crippen LogP contribution in [0, 0.1) is 11.6 Å². The molecular weight excluding hydrogens is 276 g/mol. The van der Waals surface area contributed by atoms with E-state index in [1.54, 1.807) is 6.07 Å². The number of rotatable bonds is 6. The molecule has 4 nitrogen and oxygen atoms in total. The molecule has 1 aromatic carbocycles. The van der Waals surface area contributed by atoms with E-state index in [0.717, 1.165) is 11.8 Å². The molecule has 0 aliphatic heterocycles. The standard InChI is InChI=1S/C15H17F2N3O/c1-3-18-14(12-5-4-10(16)6-13(12)17)7-11-8-15(21-2)20-9-19-11/h4-6,8-9,14,18H,3,7H2,1-2H3. The van der Waals surface area contributed by atoms with E-state index >= 15 is 0 Å². The van der Waals surface area contributed by atoms with Crippen LogP contribution in [-0.2, 0) is 6.42 Å². The van der Waals surface area contributed by atoms with Gasteiger partial charge < -0.3 is 10.1 Å². The lowest BCUT2D eigenvalue weighted by molar-refractivity contribution is 0.395. The number of halogens is 2. The van der Waals surface area contributed by atoms with Gasteiger partial charge in [0.25, 0.3) is 0 Å². The van der Waals surface area contributed by atoms with Gasteiger partial charge >= 0.3 is 0 Å². The molecule has 0 aliphatic rings. The third-order valence-electron chi connectivity index (χ3n) is 3.11. The molecule has 112 valence electrons. The second kappa shape index (κ2) is 7.08. The number of aromatic nitrogens is 2. The lowest BCUT2D eigenvalue weighted by Gasteiger charge is -2.18. The molecule has 1 heterocycles. The maximum atomic E-state index is 13.9. The molecular formula is C15H17F2N3O. The molecule has 0 saturated heterocycles. The zero-order chi connectivity index (χ0) is 15.2. The zero-order valence-electron chi connectivity index (χ0n) is 11.9. The van der Waals surface area contributed by atoms with Crippen LogP contribution in [0.1, 0.15) is 24.2 Å². The Labute approximate surface area is 122 Å². The van der Waals surface area contributed by atoms with Crippen molar-refractivity contribution in [1.82, 2.24) is 15.3 Å². The predicted molar refractivity (Wildman–Crippen MR) is 75.1 cm³/mol. The second-order valence-electron chi connectivity index (χ2n) is 4.53. The van der Waals surface area contributed by atoms with E-state index in [0.29, 0.717) is 24.4 Å². The third kappa shape index (κ3) is 3.95. The molecule has 0 radical (unpaired) electrons. The summed E-state index contributed by atoms with van der Waals surface area (Å²) >= 11 is 0. The minimum atomic E-state index is -0.588. The Morgan fingerprint density at radius 2 is 2.05 bits per heavy atom. The van der Waals surface area contributed by atoms with Crippen LogP contribution in [-0.4, -0.2) is 23.6 Å². The first kappa shape index (κ1) is 15.3. The van der Waals surface area contributed by atoms with Crippen molar-refractivity contribution in [2.24, 2.45) is 0 Å². The largest absolute Gasteiger partial charge is 0.481 e. The summed E-state index contributed by atoms with van der Waals surface area (Å²) < 4.78 is 32.0. The van der Waals surface area contributed by atoms with Crippen LogP contribution in [0.5, 0.6) is 5.88 Å². The minimum absolute atomic E-state index is 0.296. The minimum Gasteiger partial charge on any atom is -0.481 e. The average Bonchev–Trinajstić information content (AvgIpc) is 2.47. The van der Waals surface area contributed by atoms with Crippen LogP contribution in [0.4, 0.5) is 8.78 Å². The topological polar surface area (TPSA) is 47.0 Å². The molecule has 1 atom stereocenters. The van der Waals surface area contributed by atoms with Gasteiger partial charge in [0, 0.05) is 35.9 Å². The zero-order valence-corrected chi connectivity index (χ0v) is 11.9. The van der Waals surface area contributed by atoms with E-state index in [2.05, 4.69) is 15.3 Å². The fourth-order valence-corrected chi connectivity index (χ4v) is 2.13. The normalized spacial score (nSPS) is 12.2. The van der Waals surface area contributed by atoms with Crippen LogP contribution in [0.3, 0.4) is 0 Å². The summed E-state index contributed by atoms with van der Waals surface area (Å²) in [5.41, 5.74) is 1.13. The van der Waals surface area contributed by atoms with Crippen LogP contribution >= 0.6 is 0 Å². The molecule has 21 heavy (non-hydrogen) atoms. The van der Waals surface area contributed by atoms with Crippen LogP contribution in [0.25, 0.3) is 0 Å². The Hall–Kier alpha value is -2.08. The van der Waals surface area contributed by atoms with E-state index in [-0.39, 0.29) is 6.04 Å². The fraction of sp³-hybridized carbons (Fsp3) is 0.333. The number of hydrogen-bond acceptors (Lipinski definition) is 4. The van der Waals surface area contributed by atoms with Gasteiger partial charge in [-0.3, -0.25) is 0 Å². The molecule has 1 unspecified atom stereocenters. The quantitative estimate of drug-likeness (QED) is 0.889. The van der Waals surface area contributed by atoms with E-state index in [1.807, 2.05) is 6.92 Å². The van der Waals surface area contributed by atoms with E-state index in [4.69, 9.17) is 4.74 Å². The maximum Gasteiger partial charge on any atom is 0.216 e. The van der Waals surface area contributed by atoms with Crippen molar-refractivity contribution in [2.45, 2.75) is 19.4 Å². The molecule has 0 saturated carbocycles. The van der Waals surface area contributed by atoms with Crippen molar-refractivity contribution >= 4 is 0 Å². The second-order valence-corrected chi connectivity index (χ2v) is 4.53. The van der Waals surface area contributed by atoms with Gasteiger partial charge in [0.15, 0.2) is 0 Å². The molecule has 6 heteroatoms. The molecule has 0 aliphatic carbocycles. The van der Waals surface area contributed by atoms with Crippen LogP contribution in [0.2, 0.25) is 0 Å². The molecule has 2 aromatic rings. The molecule has 0 spiro atoms. The van der Waals surface area contributed by atoms with Gasteiger partial charge in [-0.25, -0.2) is 18.7 Å². The van der Waals surface area contributed by atoms with Gasteiger partial charge in [0.05, 0.1) is 7.11 Å². The first-order chi connectivity index (χ1) is 10.1. The SMILES string of the molecule is CCNC(Cc1cc(OC)ncn1)c1ccc(F)cc1F. The van der Waals surface area contributed by atoms with Gasteiger partial charge in [0.2, 0.25) is 5.88 Å². The molecule has 0 bridgehead atoms. The van der Waals surface area contributed by atoms with E-state index in [9.17, 15) is 8.78 Å². The Kier molecular flexibility index (Phi) is 5.16. The Morgan fingerprint density at radius 3 is 2.71 bits per heavy atom. The number of benzene rings is 1. The molecule has 2 rings (SSSR count). The number of likely N-dealkylation sites (N-methyl/N-ethyl adjacent to an activating group) is 1. The van der Waals surface area contributed by atoms with Crippen LogP contribution < -0.4 is 10.1 Å². The van der Waals surface area contributed by atoms with Gasteiger partial charge in [0.1, 0.15) is 18.0 Å². The summed E-state index contributed by atoms with van der Waals surface area (Å²) in [5.74, 6) is -0.702. The van der Waals surface area contributed by atoms with E-state index < -0.39 is 11.6 Å². The van der Waals surface area contributed by atoms with Crippen LogP contribution in [0.15, 0.2) is 30.6 Å². The van der Waals surface area contributed by atoms with Gasteiger partial charge in [-0.2, -0.15) is 0 Å². The summed E-state index contributed by atoms with van der Waals surface area (Å²) in [7, 11) is 1.52. The summed E-state index contributed by atoms with van der Waals surface area (Å²) in [6, 6.07) is 5.00. The number of methoxy groups -OCH3 is 1. The average molecular weight is 293 g/mol. The predicted octanol–water partition coefficient (Wildman–Crippen LogP) is 2.66. The number of nitrogens with zero attached hydrogens (tertiary/aromatic N) is 2. The lowest BCUT2D eigenvalue weighted by Crippen LogP contribution is -2.24. The van der Waals surface area contributed by atoms with Crippen molar-refractivity contribution in [1.29, 1.82) is 0 Å². The summed E-state index contributed by atoms with van der Waals surface area (Å²) in [4.78, 5) is 8.09. The smallest absolute Gasteiger partial charge is 0.216 e. The fourth-order valence-electron chi connectivity index (χ4n) is 2.13. The Balaban J connectivity index is 2.26. The Morgan fingerprint density at radius 1 is 1.24 bits per heavy atom. The van der Waals surface area contributed by atoms with Gasteiger partial charge in [-0.1, -0.05) is 13.0 Å². The molecule has 0 amide bonds. The maximum absolute atomic E-state index is 13.9. The van der Waals surface area contributed by atoms with Gasteiger partial charge in [-0.05, 0) is 12.6 Å². The molecule has 1 aromatic heterocycles. The highest BCUT2D eigenvalue weighted by atomic mass is 19.1. The molecule has 1 N–H and O–H groups in total. The number of hydrogen-bond donors (Lipinski definition) is 1. The number of nitrogens with one attached hydrogen (secondary N) is 1. The Bertz CT molecular complexity index is 607. The van der Waals surface area contributed by atoms with Crippen molar-refractivity contribution in [3.05, 3.63) is 53.5 Å². The highest BCUT2D eigenvalue weighted by Gasteiger charge is 2.17. The summed E-state index contributed by atoms with van der Waals surface area (Å²) in [5, 5.41) is 3.18. The van der Waals surface area contributed by atoms with Crippen molar-refractivity contribution < 1.29 is 13.5 Å². The van der Waals surface area contributed by atoms with Crippen molar-refractivity contribution in [3.8, 4) is 5.88 Å².